The van der Waals surface area contributed by atoms with E-state index >= 15 is 0 Å². The SMILES string of the molecule is COc1cc2c(c(OC)c1OC)C(=O)C(=O)N2C(C)C(=O)OC1CC(C)CCC1C(C)C. The number of amides is 1. The summed E-state index contributed by atoms with van der Waals surface area (Å²) in [6.45, 7) is 8.00. The van der Waals surface area contributed by atoms with Crippen molar-refractivity contribution in [3.8, 4) is 17.2 Å². The number of rotatable bonds is 7. The van der Waals surface area contributed by atoms with E-state index in [4.69, 9.17) is 18.9 Å². The number of ether oxygens (including phenoxy) is 4. The fourth-order valence-corrected chi connectivity index (χ4v) is 4.87. The van der Waals surface area contributed by atoms with E-state index < -0.39 is 23.7 Å². The molecule has 4 unspecified atom stereocenters. The maximum Gasteiger partial charge on any atom is 0.329 e. The smallest absolute Gasteiger partial charge is 0.329 e. The summed E-state index contributed by atoms with van der Waals surface area (Å²) >= 11 is 0. The minimum atomic E-state index is -0.986. The van der Waals surface area contributed by atoms with E-state index in [9.17, 15) is 14.4 Å². The van der Waals surface area contributed by atoms with Crippen molar-refractivity contribution in [3.05, 3.63) is 11.6 Å². The molecule has 0 radical (unpaired) electrons. The Bertz CT molecular complexity index is 910. The molecule has 1 fully saturated rings. The number of hydrogen-bond donors (Lipinski definition) is 0. The zero-order valence-corrected chi connectivity index (χ0v) is 19.9. The highest BCUT2D eigenvalue weighted by Gasteiger charge is 2.46. The molecule has 0 aromatic heterocycles. The number of anilines is 1. The first kappa shape index (κ1) is 23.9. The summed E-state index contributed by atoms with van der Waals surface area (Å²) in [5.74, 6) is -0.377. The van der Waals surface area contributed by atoms with Gasteiger partial charge in [0.1, 0.15) is 12.1 Å². The van der Waals surface area contributed by atoms with Gasteiger partial charge in [0.15, 0.2) is 11.5 Å². The summed E-state index contributed by atoms with van der Waals surface area (Å²) in [5.41, 5.74) is 0.303. The molecule has 32 heavy (non-hydrogen) atoms. The lowest BCUT2D eigenvalue weighted by atomic mass is 9.75. The van der Waals surface area contributed by atoms with Gasteiger partial charge in [-0.3, -0.25) is 14.5 Å². The van der Waals surface area contributed by atoms with Gasteiger partial charge in [-0.05, 0) is 37.5 Å². The van der Waals surface area contributed by atoms with Gasteiger partial charge < -0.3 is 18.9 Å². The van der Waals surface area contributed by atoms with Gasteiger partial charge in [0.25, 0.3) is 11.7 Å². The van der Waals surface area contributed by atoms with Crippen LogP contribution in [0.3, 0.4) is 0 Å². The second-order valence-corrected chi connectivity index (χ2v) is 9.02. The summed E-state index contributed by atoms with van der Waals surface area (Å²) in [7, 11) is 4.24. The first-order valence-electron chi connectivity index (χ1n) is 11.1. The highest BCUT2D eigenvalue weighted by Crippen LogP contribution is 2.48. The van der Waals surface area contributed by atoms with Gasteiger partial charge in [0, 0.05) is 6.07 Å². The Kier molecular flexibility index (Phi) is 7.00. The fraction of sp³-hybridized carbons (Fsp3) is 0.625. The molecule has 1 aromatic rings. The molecule has 1 aliphatic heterocycles. The molecule has 1 heterocycles. The highest BCUT2D eigenvalue weighted by atomic mass is 16.5. The van der Waals surface area contributed by atoms with Crippen molar-refractivity contribution in [2.24, 2.45) is 17.8 Å². The predicted octanol–water partition coefficient (Wildman–Crippen LogP) is 3.63. The maximum atomic E-state index is 13.2. The standard InChI is InChI=1S/C24H33NO7/c1-12(2)15-9-8-13(3)10-17(15)32-24(28)14(4)25-16-11-18(29-5)21(30-6)22(31-7)19(16)20(26)23(25)27/h11-15,17H,8-10H2,1-7H3. The molecule has 8 nitrogen and oxygen atoms in total. The Morgan fingerprint density at radius 2 is 1.69 bits per heavy atom. The normalized spacial score (nSPS) is 23.8. The third-order valence-electron chi connectivity index (χ3n) is 6.67. The van der Waals surface area contributed by atoms with E-state index in [1.807, 2.05) is 0 Å². The first-order valence-corrected chi connectivity index (χ1v) is 11.1. The van der Waals surface area contributed by atoms with E-state index in [2.05, 4.69) is 20.8 Å². The van der Waals surface area contributed by atoms with Crippen molar-refractivity contribution in [2.45, 2.75) is 59.1 Å². The molecule has 0 saturated heterocycles. The monoisotopic (exact) mass is 447 g/mol. The van der Waals surface area contributed by atoms with Gasteiger partial charge in [0.05, 0.1) is 32.6 Å². The molecule has 1 aliphatic carbocycles. The summed E-state index contributed by atoms with van der Waals surface area (Å²) < 4.78 is 22.0. The van der Waals surface area contributed by atoms with Crippen LogP contribution in [0.5, 0.6) is 17.2 Å². The van der Waals surface area contributed by atoms with Crippen LogP contribution in [0.15, 0.2) is 6.07 Å². The average molecular weight is 448 g/mol. The molecular formula is C24H33NO7. The molecule has 1 amide bonds. The molecule has 8 heteroatoms. The van der Waals surface area contributed by atoms with Crippen molar-refractivity contribution >= 4 is 23.3 Å². The van der Waals surface area contributed by atoms with Crippen LogP contribution in [0.4, 0.5) is 5.69 Å². The van der Waals surface area contributed by atoms with Gasteiger partial charge in [0.2, 0.25) is 5.75 Å². The third kappa shape index (κ3) is 4.02. The zero-order valence-electron chi connectivity index (χ0n) is 19.9. The number of hydrogen-bond acceptors (Lipinski definition) is 7. The van der Waals surface area contributed by atoms with E-state index in [-0.39, 0.29) is 40.5 Å². The minimum absolute atomic E-state index is 0.0566. The van der Waals surface area contributed by atoms with E-state index in [1.54, 1.807) is 6.92 Å². The minimum Gasteiger partial charge on any atom is -0.493 e. The molecule has 1 aromatic carbocycles. The van der Waals surface area contributed by atoms with Gasteiger partial charge in [-0.15, -0.1) is 0 Å². The maximum absolute atomic E-state index is 13.2. The Labute approximate surface area is 189 Å². The number of fused-ring (bicyclic) bond motifs is 1. The van der Waals surface area contributed by atoms with E-state index in [1.165, 1.54) is 32.3 Å². The highest BCUT2D eigenvalue weighted by molar-refractivity contribution is 6.53. The van der Waals surface area contributed by atoms with Crippen molar-refractivity contribution in [2.75, 3.05) is 26.2 Å². The third-order valence-corrected chi connectivity index (χ3v) is 6.67. The number of methoxy groups -OCH3 is 3. The van der Waals surface area contributed by atoms with Crippen molar-refractivity contribution < 1.29 is 33.3 Å². The topological polar surface area (TPSA) is 91.4 Å². The summed E-state index contributed by atoms with van der Waals surface area (Å²) in [4.78, 5) is 40.1. The number of ketones is 1. The molecule has 176 valence electrons. The molecule has 0 bridgehead atoms. The summed E-state index contributed by atoms with van der Waals surface area (Å²) in [6, 6.07) is 0.531. The van der Waals surface area contributed by atoms with Gasteiger partial charge in [-0.25, -0.2) is 4.79 Å². The number of nitrogens with zero attached hydrogens (tertiary/aromatic N) is 1. The van der Waals surface area contributed by atoms with Crippen LogP contribution in [0.25, 0.3) is 0 Å². The quantitative estimate of drug-likeness (QED) is 0.465. The van der Waals surface area contributed by atoms with Gasteiger partial charge in [-0.1, -0.05) is 27.2 Å². The van der Waals surface area contributed by atoms with Crippen LogP contribution in [-0.2, 0) is 14.3 Å². The number of benzene rings is 1. The summed E-state index contributed by atoms with van der Waals surface area (Å²) in [6.07, 6.45) is 2.70. The fourth-order valence-electron chi connectivity index (χ4n) is 4.87. The molecule has 2 aliphatic rings. The molecule has 0 N–H and O–H groups in total. The van der Waals surface area contributed by atoms with Gasteiger partial charge in [-0.2, -0.15) is 0 Å². The van der Waals surface area contributed by atoms with Gasteiger partial charge >= 0.3 is 5.97 Å². The van der Waals surface area contributed by atoms with Crippen LogP contribution < -0.4 is 19.1 Å². The van der Waals surface area contributed by atoms with Crippen LogP contribution in [0.2, 0.25) is 0 Å². The van der Waals surface area contributed by atoms with Crippen molar-refractivity contribution in [1.29, 1.82) is 0 Å². The average Bonchev–Trinajstić information content (AvgIpc) is 3.01. The Balaban J connectivity index is 1.94. The summed E-state index contributed by atoms with van der Waals surface area (Å²) in [5, 5.41) is 0. The van der Waals surface area contributed by atoms with Crippen LogP contribution in [0, 0.1) is 17.8 Å². The molecule has 3 rings (SSSR count). The Hall–Kier alpha value is -2.77. The predicted molar refractivity (Wildman–Crippen MR) is 119 cm³/mol. The number of Topliss-reactive ketones (excluding diaryl/α,β-unsaturated/α-hetero) is 1. The second-order valence-electron chi connectivity index (χ2n) is 9.02. The lowest BCUT2D eigenvalue weighted by Crippen LogP contribution is -2.46. The molecule has 4 atom stereocenters. The zero-order chi connectivity index (χ0) is 23.7. The largest absolute Gasteiger partial charge is 0.493 e. The first-order chi connectivity index (χ1) is 15.2. The second kappa shape index (κ2) is 9.38. The number of carbonyl (C=O) groups is 3. The lowest BCUT2D eigenvalue weighted by Gasteiger charge is -2.37. The van der Waals surface area contributed by atoms with Crippen molar-refractivity contribution in [3.63, 3.8) is 0 Å². The number of esters is 1. The van der Waals surface area contributed by atoms with E-state index in [0.717, 1.165) is 19.3 Å². The molecule has 1 saturated carbocycles. The van der Waals surface area contributed by atoms with Crippen molar-refractivity contribution in [1.82, 2.24) is 0 Å². The molecular weight excluding hydrogens is 414 g/mol. The Morgan fingerprint density at radius 3 is 2.25 bits per heavy atom. The van der Waals surface area contributed by atoms with Crippen LogP contribution in [-0.4, -0.2) is 51.1 Å². The van der Waals surface area contributed by atoms with Crippen LogP contribution >= 0.6 is 0 Å². The van der Waals surface area contributed by atoms with Crippen LogP contribution in [0.1, 0.15) is 57.3 Å². The molecule has 0 spiro atoms. The number of carbonyl (C=O) groups excluding carboxylic acids is 3. The van der Waals surface area contributed by atoms with E-state index in [0.29, 0.717) is 11.8 Å². The lowest BCUT2D eigenvalue weighted by molar-refractivity contribution is -0.157. The Morgan fingerprint density at radius 1 is 1.03 bits per heavy atom.